The SMILES string of the molecule is Cn1cc(-c2ccc3cnc(NC(=O)[C@H]4CC[C@H](N)CC4)nc3c2)cn1. The number of carbonyl (C=O) groups excluding carboxylic acids is 1. The van der Waals surface area contributed by atoms with E-state index in [0.29, 0.717) is 5.95 Å². The zero-order valence-electron chi connectivity index (χ0n) is 14.7. The van der Waals surface area contributed by atoms with Crippen LogP contribution in [0.2, 0.25) is 0 Å². The molecular formula is C19H22N6O. The topological polar surface area (TPSA) is 98.7 Å². The van der Waals surface area contributed by atoms with Crippen molar-refractivity contribution in [2.24, 2.45) is 18.7 Å². The second-order valence-electron chi connectivity index (χ2n) is 6.97. The monoisotopic (exact) mass is 350 g/mol. The van der Waals surface area contributed by atoms with Crippen molar-refractivity contribution < 1.29 is 4.79 Å². The molecule has 0 spiro atoms. The van der Waals surface area contributed by atoms with Crippen LogP contribution in [0.25, 0.3) is 22.0 Å². The number of anilines is 1. The fraction of sp³-hybridized carbons (Fsp3) is 0.368. The van der Waals surface area contributed by atoms with Gasteiger partial charge in [0.1, 0.15) is 0 Å². The third-order valence-electron chi connectivity index (χ3n) is 5.00. The number of aryl methyl sites for hydroxylation is 1. The van der Waals surface area contributed by atoms with E-state index >= 15 is 0 Å². The van der Waals surface area contributed by atoms with E-state index in [4.69, 9.17) is 5.73 Å². The summed E-state index contributed by atoms with van der Waals surface area (Å²) in [5.41, 5.74) is 8.76. The predicted molar refractivity (Wildman–Crippen MR) is 100 cm³/mol. The van der Waals surface area contributed by atoms with E-state index in [0.717, 1.165) is 47.7 Å². The van der Waals surface area contributed by atoms with Gasteiger partial charge in [0.05, 0.1) is 11.7 Å². The molecule has 3 aromatic rings. The summed E-state index contributed by atoms with van der Waals surface area (Å²) in [5.74, 6) is 0.330. The highest BCUT2D eigenvalue weighted by Crippen LogP contribution is 2.25. The molecule has 3 N–H and O–H groups in total. The third-order valence-corrected chi connectivity index (χ3v) is 5.00. The molecule has 1 amide bonds. The molecule has 26 heavy (non-hydrogen) atoms. The lowest BCUT2D eigenvalue weighted by Gasteiger charge is -2.24. The molecule has 0 radical (unpaired) electrons. The Morgan fingerprint density at radius 3 is 2.73 bits per heavy atom. The Labute approximate surface area is 151 Å². The molecule has 2 aromatic heterocycles. The van der Waals surface area contributed by atoms with E-state index in [9.17, 15) is 4.79 Å². The number of carbonyl (C=O) groups is 1. The summed E-state index contributed by atoms with van der Waals surface area (Å²) in [6, 6.07) is 6.21. The number of amides is 1. The summed E-state index contributed by atoms with van der Waals surface area (Å²) in [5, 5.41) is 8.00. The lowest BCUT2D eigenvalue weighted by Crippen LogP contribution is -2.32. The summed E-state index contributed by atoms with van der Waals surface area (Å²) < 4.78 is 1.77. The summed E-state index contributed by atoms with van der Waals surface area (Å²) in [4.78, 5) is 21.3. The van der Waals surface area contributed by atoms with Crippen LogP contribution in [-0.4, -0.2) is 31.7 Å². The maximum Gasteiger partial charge on any atom is 0.229 e. The molecule has 7 heteroatoms. The number of nitrogens with one attached hydrogen (secondary N) is 1. The van der Waals surface area contributed by atoms with Gasteiger partial charge in [-0.25, -0.2) is 9.97 Å². The molecule has 4 rings (SSSR count). The summed E-state index contributed by atoms with van der Waals surface area (Å²) in [6.07, 6.45) is 8.95. The minimum atomic E-state index is -0.0142. The molecule has 7 nitrogen and oxygen atoms in total. The lowest BCUT2D eigenvalue weighted by atomic mass is 9.86. The van der Waals surface area contributed by atoms with Crippen LogP contribution in [0.4, 0.5) is 5.95 Å². The van der Waals surface area contributed by atoms with Crippen LogP contribution in [-0.2, 0) is 11.8 Å². The normalized spacial score (nSPS) is 20.2. The molecule has 2 heterocycles. The van der Waals surface area contributed by atoms with Gasteiger partial charge in [-0.1, -0.05) is 12.1 Å². The third kappa shape index (κ3) is 3.43. The molecule has 0 bridgehead atoms. The Bertz CT molecular complexity index is 942. The van der Waals surface area contributed by atoms with E-state index in [1.165, 1.54) is 0 Å². The quantitative estimate of drug-likeness (QED) is 0.756. The Balaban J connectivity index is 1.55. The minimum Gasteiger partial charge on any atom is -0.328 e. The Kier molecular flexibility index (Phi) is 4.38. The molecule has 134 valence electrons. The molecule has 0 saturated heterocycles. The first-order valence-electron chi connectivity index (χ1n) is 8.91. The zero-order chi connectivity index (χ0) is 18.1. The van der Waals surface area contributed by atoms with Gasteiger partial charge in [0.15, 0.2) is 0 Å². The van der Waals surface area contributed by atoms with Gasteiger partial charge in [-0.15, -0.1) is 0 Å². The van der Waals surface area contributed by atoms with Crippen LogP contribution in [0.1, 0.15) is 25.7 Å². The van der Waals surface area contributed by atoms with E-state index < -0.39 is 0 Å². The highest BCUT2D eigenvalue weighted by Gasteiger charge is 2.25. The predicted octanol–water partition coefficient (Wildman–Crippen LogP) is 2.49. The number of nitrogens with zero attached hydrogens (tertiary/aromatic N) is 4. The summed E-state index contributed by atoms with van der Waals surface area (Å²) >= 11 is 0. The van der Waals surface area contributed by atoms with Gasteiger partial charge in [-0.3, -0.25) is 14.8 Å². The van der Waals surface area contributed by atoms with Gasteiger partial charge in [-0.05, 0) is 37.3 Å². The molecule has 1 aliphatic carbocycles. The smallest absolute Gasteiger partial charge is 0.229 e. The van der Waals surface area contributed by atoms with E-state index in [1.54, 1.807) is 10.9 Å². The molecule has 1 saturated carbocycles. The van der Waals surface area contributed by atoms with Gasteiger partial charge in [0, 0.05) is 42.4 Å². The standard InChI is InChI=1S/C19H22N6O/c1-25-11-15(10-22-25)13-2-3-14-9-21-19(23-17(14)8-13)24-18(26)12-4-6-16(20)7-5-12/h2-3,8-12,16H,4-7,20H2,1H3,(H,21,23,24,26)/t12-,16-. The molecular weight excluding hydrogens is 328 g/mol. The molecule has 0 aliphatic heterocycles. The molecule has 1 fully saturated rings. The van der Waals surface area contributed by atoms with Crippen LogP contribution in [0.5, 0.6) is 0 Å². The number of nitrogens with two attached hydrogens (primary N) is 1. The number of benzene rings is 1. The van der Waals surface area contributed by atoms with Crippen LogP contribution < -0.4 is 11.1 Å². The first kappa shape index (κ1) is 16.7. The lowest BCUT2D eigenvalue weighted by molar-refractivity contribution is -0.120. The Morgan fingerprint density at radius 1 is 1.19 bits per heavy atom. The van der Waals surface area contributed by atoms with Crippen LogP contribution in [0.15, 0.2) is 36.8 Å². The average Bonchev–Trinajstić information content (AvgIpc) is 3.08. The van der Waals surface area contributed by atoms with Crippen molar-refractivity contribution in [1.82, 2.24) is 19.7 Å². The van der Waals surface area contributed by atoms with E-state index in [-0.39, 0.29) is 17.9 Å². The number of fused-ring (bicyclic) bond motifs is 1. The van der Waals surface area contributed by atoms with Crippen molar-refractivity contribution in [3.8, 4) is 11.1 Å². The molecule has 1 aliphatic rings. The summed E-state index contributed by atoms with van der Waals surface area (Å²) in [7, 11) is 1.89. The van der Waals surface area contributed by atoms with Crippen LogP contribution in [0, 0.1) is 5.92 Å². The fourth-order valence-corrected chi connectivity index (χ4v) is 3.43. The average molecular weight is 350 g/mol. The number of hydrogen-bond acceptors (Lipinski definition) is 5. The van der Waals surface area contributed by atoms with Gasteiger partial charge < -0.3 is 5.73 Å². The Morgan fingerprint density at radius 2 is 2.00 bits per heavy atom. The van der Waals surface area contributed by atoms with Gasteiger partial charge in [0.25, 0.3) is 0 Å². The van der Waals surface area contributed by atoms with Crippen LogP contribution in [0.3, 0.4) is 0 Å². The van der Waals surface area contributed by atoms with Crippen molar-refractivity contribution in [3.05, 3.63) is 36.8 Å². The van der Waals surface area contributed by atoms with Gasteiger partial charge in [0.2, 0.25) is 11.9 Å². The molecule has 1 aromatic carbocycles. The van der Waals surface area contributed by atoms with Crippen molar-refractivity contribution in [2.75, 3.05) is 5.32 Å². The van der Waals surface area contributed by atoms with Crippen LogP contribution >= 0.6 is 0 Å². The van der Waals surface area contributed by atoms with Crippen molar-refractivity contribution in [3.63, 3.8) is 0 Å². The largest absolute Gasteiger partial charge is 0.328 e. The highest BCUT2D eigenvalue weighted by molar-refractivity contribution is 5.92. The number of rotatable bonds is 3. The number of aromatic nitrogens is 4. The number of hydrogen-bond donors (Lipinski definition) is 2. The highest BCUT2D eigenvalue weighted by atomic mass is 16.2. The summed E-state index contributed by atoms with van der Waals surface area (Å²) in [6.45, 7) is 0. The van der Waals surface area contributed by atoms with Gasteiger partial charge in [-0.2, -0.15) is 5.10 Å². The second-order valence-corrected chi connectivity index (χ2v) is 6.97. The van der Waals surface area contributed by atoms with Crippen molar-refractivity contribution in [2.45, 2.75) is 31.7 Å². The first-order valence-corrected chi connectivity index (χ1v) is 8.91. The van der Waals surface area contributed by atoms with E-state index in [1.807, 2.05) is 37.6 Å². The molecule has 0 unspecified atom stereocenters. The maximum atomic E-state index is 12.5. The zero-order valence-corrected chi connectivity index (χ0v) is 14.7. The second kappa shape index (κ2) is 6.84. The van der Waals surface area contributed by atoms with E-state index in [2.05, 4.69) is 20.4 Å². The minimum absolute atomic E-state index is 0.00387. The first-order chi connectivity index (χ1) is 12.6. The van der Waals surface area contributed by atoms with Gasteiger partial charge >= 0.3 is 0 Å². The van der Waals surface area contributed by atoms with Crippen molar-refractivity contribution >= 4 is 22.8 Å². The maximum absolute atomic E-state index is 12.5. The Hall–Kier alpha value is -2.80. The fourth-order valence-electron chi connectivity index (χ4n) is 3.43. The molecule has 0 atom stereocenters. The van der Waals surface area contributed by atoms with Crippen molar-refractivity contribution in [1.29, 1.82) is 0 Å².